The van der Waals surface area contributed by atoms with Crippen molar-refractivity contribution in [2.24, 2.45) is 0 Å². The van der Waals surface area contributed by atoms with Gasteiger partial charge in [0.25, 0.3) is 0 Å². The average molecular weight is 266 g/mol. The smallest absolute Gasteiger partial charge is 0.0396 e. The van der Waals surface area contributed by atoms with Crippen LogP contribution in [0.1, 0.15) is 29.0 Å². The molecule has 0 spiro atoms. The molecule has 1 atom stereocenters. The van der Waals surface area contributed by atoms with Gasteiger partial charge in [-0.15, -0.1) is 0 Å². The summed E-state index contributed by atoms with van der Waals surface area (Å²) in [5, 5.41) is 0. The lowest BCUT2D eigenvalue weighted by atomic mass is 9.98. The molecule has 0 aromatic heterocycles. The largest absolute Gasteiger partial charge is 0.399 e. The lowest BCUT2D eigenvalue weighted by Crippen LogP contribution is -2.20. The van der Waals surface area contributed by atoms with Gasteiger partial charge in [-0.05, 0) is 49.6 Å². The molecule has 0 amide bonds. The van der Waals surface area contributed by atoms with Gasteiger partial charge in [0, 0.05) is 30.4 Å². The third-order valence-electron chi connectivity index (χ3n) is 4.29. The third kappa shape index (κ3) is 2.51. The molecule has 1 fully saturated rings. The highest BCUT2D eigenvalue weighted by atomic mass is 15.2. The van der Waals surface area contributed by atoms with Gasteiger partial charge in [-0.1, -0.05) is 29.8 Å². The predicted octanol–water partition coefficient (Wildman–Crippen LogP) is 3.88. The monoisotopic (exact) mass is 266 g/mol. The summed E-state index contributed by atoms with van der Waals surface area (Å²) in [6.45, 7) is 6.60. The van der Waals surface area contributed by atoms with Crippen molar-refractivity contribution in [3.8, 4) is 0 Å². The number of nitrogens with two attached hydrogens (primary N) is 1. The minimum atomic E-state index is 0.622. The Labute approximate surface area is 121 Å². The van der Waals surface area contributed by atoms with Gasteiger partial charge in [-0.3, -0.25) is 0 Å². The summed E-state index contributed by atoms with van der Waals surface area (Å²) in [7, 11) is 0. The maximum atomic E-state index is 5.77. The normalized spacial score (nSPS) is 18.5. The first-order valence-electron chi connectivity index (χ1n) is 7.31. The first-order chi connectivity index (χ1) is 9.63. The molecule has 1 aliphatic rings. The van der Waals surface area contributed by atoms with Gasteiger partial charge in [-0.2, -0.15) is 0 Å². The van der Waals surface area contributed by atoms with E-state index in [1.807, 2.05) is 12.1 Å². The van der Waals surface area contributed by atoms with Crippen LogP contribution >= 0.6 is 0 Å². The van der Waals surface area contributed by atoms with Gasteiger partial charge in [0.15, 0.2) is 0 Å². The fourth-order valence-corrected chi connectivity index (χ4v) is 3.18. The number of nitrogen functional groups attached to an aromatic ring is 1. The van der Waals surface area contributed by atoms with Gasteiger partial charge in [0.2, 0.25) is 0 Å². The standard InChI is InChI=1S/C18H22N2/c1-13-3-8-18(14(2)11-13)20-10-9-16(12-20)15-4-6-17(19)7-5-15/h3-8,11,16H,9-10,12,19H2,1-2H3. The fourth-order valence-electron chi connectivity index (χ4n) is 3.18. The summed E-state index contributed by atoms with van der Waals surface area (Å²) in [5.41, 5.74) is 12.1. The Balaban J connectivity index is 1.78. The van der Waals surface area contributed by atoms with Crippen molar-refractivity contribution in [2.45, 2.75) is 26.2 Å². The second kappa shape index (κ2) is 5.20. The summed E-state index contributed by atoms with van der Waals surface area (Å²) < 4.78 is 0. The molecule has 20 heavy (non-hydrogen) atoms. The van der Waals surface area contributed by atoms with Crippen LogP contribution < -0.4 is 10.6 Å². The Bertz CT molecular complexity index is 601. The third-order valence-corrected chi connectivity index (χ3v) is 4.29. The second-order valence-corrected chi connectivity index (χ2v) is 5.89. The van der Waals surface area contributed by atoms with E-state index in [4.69, 9.17) is 5.73 Å². The van der Waals surface area contributed by atoms with Gasteiger partial charge in [-0.25, -0.2) is 0 Å². The minimum absolute atomic E-state index is 0.622. The van der Waals surface area contributed by atoms with Crippen molar-refractivity contribution in [1.29, 1.82) is 0 Å². The summed E-state index contributed by atoms with van der Waals surface area (Å²) in [6, 6.07) is 15.1. The first-order valence-corrected chi connectivity index (χ1v) is 7.31. The second-order valence-electron chi connectivity index (χ2n) is 5.89. The minimum Gasteiger partial charge on any atom is -0.399 e. The highest BCUT2D eigenvalue weighted by Gasteiger charge is 2.24. The number of hydrogen-bond acceptors (Lipinski definition) is 2. The number of hydrogen-bond donors (Lipinski definition) is 1. The van der Waals surface area contributed by atoms with E-state index in [0.717, 1.165) is 18.8 Å². The zero-order valence-corrected chi connectivity index (χ0v) is 12.3. The Kier molecular flexibility index (Phi) is 3.39. The molecule has 1 unspecified atom stereocenters. The molecule has 2 N–H and O–H groups in total. The van der Waals surface area contributed by atoms with Gasteiger partial charge < -0.3 is 10.6 Å². The summed E-state index contributed by atoms with van der Waals surface area (Å²) in [6.07, 6.45) is 1.22. The van der Waals surface area contributed by atoms with E-state index in [2.05, 4.69) is 49.1 Å². The lowest BCUT2D eigenvalue weighted by molar-refractivity contribution is 0.775. The molecule has 1 aliphatic heterocycles. The average Bonchev–Trinajstić information content (AvgIpc) is 2.89. The quantitative estimate of drug-likeness (QED) is 0.836. The highest BCUT2D eigenvalue weighted by molar-refractivity contribution is 5.56. The van der Waals surface area contributed by atoms with Crippen LogP contribution in [0, 0.1) is 13.8 Å². The van der Waals surface area contributed by atoms with Crippen molar-refractivity contribution in [3.63, 3.8) is 0 Å². The van der Waals surface area contributed by atoms with Crippen LogP contribution in [0.3, 0.4) is 0 Å². The molecule has 2 aromatic carbocycles. The topological polar surface area (TPSA) is 29.3 Å². The summed E-state index contributed by atoms with van der Waals surface area (Å²) in [4.78, 5) is 2.51. The molecular formula is C18H22N2. The van der Waals surface area contributed by atoms with Gasteiger partial charge >= 0.3 is 0 Å². The fraction of sp³-hybridized carbons (Fsp3) is 0.333. The van der Waals surface area contributed by atoms with E-state index in [0.29, 0.717) is 5.92 Å². The van der Waals surface area contributed by atoms with E-state index in [-0.39, 0.29) is 0 Å². The molecule has 0 aliphatic carbocycles. The molecule has 1 saturated heterocycles. The van der Waals surface area contributed by atoms with Crippen molar-refractivity contribution in [3.05, 3.63) is 59.2 Å². The van der Waals surface area contributed by atoms with E-state index in [9.17, 15) is 0 Å². The molecule has 104 valence electrons. The van der Waals surface area contributed by atoms with E-state index in [1.54, 1.807) is 0 Å². The van der Waals surface area contributed by atoms with Crippen LogP contribution in [-0.4, -0.2) is 13.1 Å². The zero-order valence-electron chi connectivity index (χ0n) is 12.3. The molecule has 0 radical (unpaired) electrons. The Hall–Kier alpha value is -1.96. The molecule has 3 rings (SSSR count). The number of aryl methyl sites for hydroxylation is 2. The Morgan fingerprint density at radius 3 is 2.50 bits per heavy atom. The molecule has 2 aromatic rings. The Morgan fingerprint density at radius 2 is 1.80 bits per heavy atom. The SMILES string of the molecule is Cc1ccc(N2CCC(c3ccc(N)cc3)C2)c(C)c1. The first kappa shape index (κ1) is 13.0. The van der Waals surface area contributed by atoms with Gasteiger partial charge in [0.1, 0.15) is 0 Å². The van der Waals surface area contributed by atoms with Crippen molar-refractivity contribution >= 4 is 11.4 Å². The van der Waals surface area contributed by atoms with E-state index in [1.165, 1.54) is 28.8 Å². The van der Waals surface area contributed by atoms with Gasteiger partial charge in [0.05, 0.1) is 0 Å². The van der Waals surface area contributed by atoms with Crippen LogP contribution in [0.5, 0.6) is 0 Å². The van der Waals surface area contributed by atoms with Crippen LogP contribution in [-0.2, 0) is 0 Å². The number of benzene rings is 2. The number of rotatable bonds is 2. The summed E-state index contributed by atoms with van der Waals surface area (Å²) in [5.74, 6) is 0.622. The van der Waals surface area contributed by atoms with Crippen molar-refractivity contribution < 1.29 is 0 Å². The predicted molar refractivity (Wildman–Crippen MR) is 86.3 cm³/mol. The molecule has 2 nitrogen and oxygen atoms in total. The molecule has 2 heteroatoms. The molecule has 1 heterocycles. The van der Waals surface area contributed by atoms with E-state index < -0.39 is 0 Å². The lowest BCUT2D eigenvalue weighted by Gasteiger charge is -2.21. The van der Waals surface area contributed by atoms with Crippen LogP contribution in [0.4, 0.5) is 11.4 Å². The maximum Gasteiger partial charge on any atom is 0.0396 e. The number of anilines is 2. The van der Waals surface area contributed by atoms with Crippen LogP contribution in [0.25, 0.3) is 0 Å². The maximum absolute atomic E-state index is 5.77. The molecule has 0 saturated carbocycles. The van der Waals surface area contributed by atoms with Crippen LogP contribution in [0.15, 0.2) is 42.5 Å². The van der Waals surface area contributed by atoms with Crippen molar-refractivity contribution in [1.82, 2.24) is 0 Å². The van der Waals surface area contributed by atoms with Crippen molar-refractivity contribution in [2.75, 3.05) is 23.7 Å². The summed E-state index contributed by atoms with van der Waals surface area (Å²) >= 11 is 0. The molecule has 0 bridgehead atoms. The Morgan fingerprint density at radius 1 is 1.05 bits per heavy atom. The van der Waals surface area contributed by atoms with E-state index >= 15 is 0 Å². The molecular weight excluding hydrogens is 244 g/mol. The zero-order chi connectivity index (χ0) is 14.1. The number of nitrogens with zero attached hydrogens (tertiary/aromatic N) is 1. The highest BCUT2D eigenvalue weighted by Crippen LogP contribution is 2.32. The van der Waals surface area contributed by atoms with Crippen LogP contribution in [0.2, 0.25) is 0 Å².